The lowest BCUT2D eigenvalue weighted by atomic mass is 10.0. The van der Waals surface area contributed by atoms with E-state index < -0.39 is 0 Å². The molecule has 0 aliphatic carbocycles. The first-order chi connectivity index (χ1) is 7.81. The lowest BCUT2D eigenvalue weighted by molar-refractivity contribution is 0.109. The van der Waals surface area contributed by atoms with E-state index in [4.69, 9.17) is 0 Å². The van der Waals surface area contributed by atoms with Gasteiger partial charge in [-0.05, 0) is 19.0 Å². The molecular formula is C14H22N2. The number of nitrogens with zero attached hydrogens (tertiary/aromatic N) is 2. The van der Waals surface area contributed by atoms with Gasteiger partial charge in [-0.2, -0.15) is 0 Å². The Morgan fingerprint density at radius 3 is 2.25 bits per heavy atom. The molecule has 2 rings (SSSR count). The quantitative estimate of drug-likeness (QED) is 0.768. The average molecular weight is 218 g/mol. The van der Waals surface area contributed by atoms with Crippen LogP contribution in [0.2, 0.25) is 0 Å². The number of hydrogen-bond donors (Lipinski definition) is 0. The van der Waals surface area contributed by atoms with Gasteiger partial charge < -0.3 is 4.90 Å². The summed E-state index contributed by atoms with van der Waals surface area (Å²) in [6, 6.07) is 11.5. The maximum absolute atomic E-state index is 2.62. The number of rotatable bonds is 3. The minimum Gasteiger partial charge on any atom is -0.304 e. The summed E-state index contributed by atoms with van der Waals surface area (Å²) in [5.41, 5.74) is 1.47. The second-order valence-corrected chi connectivity index (χ2v) is 4.67. The van der Waals surface area contributed by atoms with Crippen LogP contribution in [0.3, 0.4) is 0 Å². The molecule has 0 bridgehead atoms. The number of hydrogen-bond acceptors (Lipinski definition) is 2. The van der Waals surface area contributed by atoms with Crippen molar-refractivity contribution in [2.45, 2.75) is 19.4 Å². The van der Waals surface area contributed by atoms with E-state index in [0.717, 1.165) is 0 Å². The zero-order valence-corrected chi connectivity index (χ0v) is 10.4. The fraction of sp³-hybridized carbons (Fsp3) is 0.571. The van der Waals surface area contributed by atoms with Crippen LogP contribution in [0.25, 0.3) is 0 Å². The largest absolute Gasteiger partial charge is 0.304 e. The first kappa shape index (κ1) is 11.6. The molecule has 0 N–H and O–H groups in total. The van der Waals surface area contributed by atoms with Gasteiger partial charge in [-0.1, -0.05) is 37.3 Å². The highest BCUT2D eigenvalue weighted by Gasteiger charge is 2.21. The highest BCUT2D eigenvalue weighted by atomic mass is 15.3. The third-order valence-corrected chi connectivity index (χ3v) is 3.55. The fourth-order valence-corrected chi connectivity index (χ4v) is 2.51. The van der Waals surface area contributed by atoms with Crippen LogP contribution in [-0.4, -0.2) is 43.0 Å². The molecule has 0 radical (unpaired) electrons. The third-order valence-electron chi connectivity index (χ3n) is 3.55. The van der Waals surface area contributed by atoms with Crippen molar-refractivity contribution in [1.29, 1.82) is 0 Å². The highest BCUT2D eigenvalue weighted by molar-refractivity contribution is 5.19. The van der Waals surface area contributed by atoms with E-state index in [1.54, 1.807) is 0 Å². The highest BCUT2D eigenvalue weighted by Crippen LogP contribution is 2.24. The molecule has 1 heterocycles. The normalized spacial score (nSPS) is 20.9. The fourth-order valence-electron chi connectivity index (χ4n) is 2.51. The van der Waals surface area contributed by atoms with Crippen LogP contribution in [-0.2, 0) is 0 Å². The van der Waals surface area contributed by atoms with Crippen molar-refractivity contribution in [3.63, 3.8) is 0 Å². The molecule has 0 amide bonds. The van der Waals surface area contributed by atoms with Gasteiger partial charge in [0.15, 0.2) is 0 Å². The van der Waals surface area contributed by atoms with Crippen molar-refractivity contribution in [3.05, 3.63) is 35.9 Å². The van der Waals surface area contributed by atoms with Gasteiger partial charge in [0.1, 0.15) is 0 Å². The van der Waals surface area contributed by atoms with E-state index in [1.807, 2.05) is 0 Å². The second kappa shape index (κ2) is 5.46. The van der Waals surface area contributed by atoms with Gasteiger partial charge in [0, 0.05) is 32.2 Å². The molecule has 0 saturated carbocycles. The first-order valence-electron chi connectivity index (χ1n) is 6.29. The van der Waals surface area contributed by atoms with Crippen LogP contribution in [0.5, 0.6) is 0 Å². The van der Waals surface area contributed by atoms with Gasteiger partial charge in [0.05, 0.1) is 0 Å². The van der Waals surface area contributed by atoms with Crippen molar-refractivity contribution in [2.75, 3.05) is 33.2 Å². The van der Waals surface area contributed by atoms with Crippen molar-refractivity contribution in [1.82, 2.24) is 9.80 Å². The van der Waals surface area contributed by atoms with Gasteiger partial charge in [-0.3, -0.25) is 4.90 Å². The molecule has 0 aromatic heterocycles. The van der Waals surface area contributed by atoms with Crippen LogP contribution in [0.1, 0.15) is 24.9 Å². The molecule has 1 aliphatic heterocycles. The molecule has 1 aromatic carbocycles. The number of piperazine rings is 1. The van der Waals surface area contributed by atoms with Gasteiger partial charge in [0.25, 0.3) is 0 Å². The summed E-state index contributed by atoms with van der Waals surface area (Å²) in [5, 5.41) is 0. The predicted molar refractivity (Wildman–Crippen MR) is 68.5 cm³/mol. The summed E-state index contributed by atoms with van der Waals surface area (Å²) in [5.74, 6) is 0. The van der Waals surface area contributed by atoms with Crippen molar-refractivity contribution in [3.8, 4) is 0 Å². The summed E-state index contributed by atoms with van der Waals surface area (Å²) < 4.78 is 0. The minimum absolute atomic E-state index is 0.606. The van der Waals surface area contributed by atoms with Gasteiger partial charge in [-0.25, -0.2) is 0 Å². The van der Waals surface area contributed by atoms with E-state index in [9.17, 15) is 0 Å². The zero-order chi connectivity index (χ0) is 11.4. The minimum atomic E-state index is 0.606. The second-order valence-electron chi connectivity index (χ2n) is 4.67. The molecule has 0 spiro atoms. The molecule has 88 valence electrons. The maximum Gasteiger partial charge on any atom is 0.0346 e. The van der Waals surface area contributed by atoms with Gasteiger partial charge in [0.2, 0.25) is 0 Å². The van der Waals surface area contributed by atoms with E-state index >= 15 is 0 Å². The molecule has 16 heavy (non-hydrogen) atoms. The topological polar surface area (TPSA) is 6.48 Å². The summed E-state index contributed by atoms with van der Waals surface area (Å²) in [7, 11) is 2.21. The SMILES string of the molecule is CCC(c1ccccc1)N1CCN(C)CC1. The molecular weight excluding hydrogens is 196 g/mol. The molecule has 1 fully saturated rings. The Hall–Kier alpha value is -0.860. The predicted octanol–water partition coefficient (Wildman–Crippen LogP) is 2.39. The summed E-state index contributed by atoms with van der Waals surface area (Å²) >= 11 is 0. The van der Waals surface area contributed by atoms with Crippen LogP contribution >= 0.6 is 0 Å². The van der Waals surface area contributed by atoms with E-state index in [2.05, 4.69) is 54.1 Å². The first-order valence-corrected chi connectivity index (χ1v) is 6.29. The zero-order valence-electron chi connectivity index (χ0n) is 10.4. The van der Waals surface area contributed by atoms with Crippen molar-refractivity contribution < 1.29 is 0 Å². The Morgan fingerprint density at radius 2 is 1.69 bits per heavy atom. The summed E-state index contributed by atoms with van der Waals surface area (Å²) in [6.45, 7) is 7.08. The number of likely N-dealkylation sites (N-methyl/N-ethyl adjacent to an activating group) is 1. The Balaban J connectivity index is 2.05. The maximum atomic E-state index is 2.62. The van der Waals surface area contributed by atoms with Crippen LogP contribution in [0, 0.1) is 0 Å². The lowest BCUT2D eigenvalue weighted by Gasteiger charge is -2.37. The molecule has 2 nitrogen and oxygen atoms in total. The Labute approximate surface area is 98.9 Å². The molecule has 1 aromatic rings. The standard InChI is InChI=1S/C14H22N2/c1-3-14(13-7-5-4-6-8-13)16-11-9-15(2)10-12-16/h4-8,14H,3,9-12H2,1-2H3. The average Bonchev–Trinajstić information content (AvgIpc) is 2.34. The van der Waals surface area contributed by atoms with Crippen LogP contribution < -0.4 is 0 Å². The lowest BCUT2D eigenvalue weighted by Crippen LogP contribution is -2.45. The molecule has 1 unspecified atom stereocenters. The van der Waals surface area contributed by atoms with E-state index in [-0.39, 0.29) is 0 Å². The molecule has 1 saturated heterocycles. The Morgan fingerprint density at radius 1 is 1.06 bits per heavy atom. The molecule has 2 heteroatoms. The summed E-state index contributed by atoms with van der Waals surface area (Å²) in [4.78, 5) is 5.03. The monoisotopic (exact) mass is 218 g/mol. The van der Waals surface area contributed by atoms with Crippen molar-refractivity contribution >= 4 is 0 Å². The van der Waals surface area contributed by atoms with E-state index in [1.165, 1.54) is 38.2 Å². The van der Waals surface area contributed by atoms with E-state index in [0.29, 0.717) is 6.04 Å². The third kappa shape index (κ3) is 2.63. The molecule has 1 aliphatic rings. The van der Waals surface area contributed by atoms with Gasteiger partial charge in [-0.15, -0.1) is 0 Å². The van der Waals surface area contributed by atoms with Crippen LogP contribution in [0.4, 0.5) is 0 Å². The number of benzene rings is 1. The molecule has 1 atom stereocenters. The van der Waals surface area contributed by atoms with Crippen molar-refractivity contribution in [2.24, 2.45) is 0 Å². The Kier molecular flexibility index (Phi) is 3.97. The Bertz CT molecular complexity index is 302. The summed E-state index contributed by atoms with van der Waals surface area (Å²) in [6.07, 6.45) is 1.20. The van der Waals surface area contributed by atoms with Crippen LogP contribution in [0.15, 0.2) is 30.3 Å². The smallest absolute Gasteiger partial charge is 0.0346 e. The van der Waals surface area contributed by atoms with Gasteiger partial charge >= 0.3 is 0 Å².